The molecular formula is C17H18FNO2. The molecular weight excluding hydrogens is 269 g/mol. The predicted octanol–water partition coefficient (Wildman–Crippen LogP) is 2.86. The van der Waals surface area contributed by atoms with E-state index in [1.165, 1.54) is 6.07 Å². The molecule has 0 radical (unpaired) electrons. The van der Waals surface area contributed by atoms with Crippen molar-refractivity contribution in [3.05, 3.63) is 70.0 Å². The van der Waals surface area contributed by atoms with Crippen molar-refractivity contribution in [3.63, 3.8) is 0 Å². The third kappa shape index (κ3) is 3.67. The van der Waals surface area contributed by atoms with Gasteiger partial charge in [-0.2, -0.15) is 0 Å². The number of hydrogen-bond acceptors (Lipinski definition) is 2. The summed E-state index contributed by atoms with van der Waals surface area (Å²) in [5, 5.41) is 11.8. The van der Waals surface area contributed by atoms with Crippen LogP contribution in [0.2, 0.25) is 0 Å². The van der Waals surface area contributed by atoms with E-state index >= 15 is 0 Å². The van der Waals surface area contributed by atoms with Gasteiger partial charge in [-0.05, 0) is 43.2 Å². The van der Waals surface area contributed by atoms with E-state index in [1.807, 2.05) is 32.0 Å². The molecule has 2 aromatic rings. The van der Waals surface area contributed by atoms with Crippen molar-refractivity contribution in [1.82, 2.24) is 5.32 Å². The van der Waals surface area contributed by atoms with Crippen molar-refractivity contribution in [3.8, 4) is 0 Å². The zero-order valence-electron chi connectivity index (χ0n) is 12.1. The fourth-order valence-electron chi connectivity index (χ4n) is 2.12. The predicted molar refractivity (Wildman–Crippen MR) is 79.4 cm³/mol. The number of aliphatic hydroxyl groups is 1. The fraction of sp³-hybridized carbons (Fsp3) is 0.235. The molecule has 0 heterocycles. The Labute approximate surface area is 123 Å². The molecule has 2 rings (SSSR count). The molecule has 2 aromatic carbocycles. The van der Waals surface area contributed by atoms with Gasteiger partial charge in [0.25, 0.3) is 5.91 Å². The van der Waals surface area contributed by atoms with E-state index in [2.05, 4.69) is 5.32 Å². The Morgan fingerprint density at radius 2 is 1.95 bits per heavy atom. The number of amides is 1. The molecule has 0 unspecified atom stereocenters. The van der Waals surface area contributed by atoms with Crippen LogP contribution >= 0.6 is 0 Å². The maximum Gasteiger partial charge on any atom is 0.251 e. The molecule has 0 aromatic heterocycles. The first-order valence-corrected chi connectivity index (χ1v) is 6.75. The highest BCUT2D eigenvalue weighted by atomic mass is 19.1. The highest BCUT2D eigenvalue weighted by molar-refractivity contribution is 5.95. The van der Waals surface area contributed by atoms with Crippen molar-refractivity contribution in [2.45, 2.75) is 27.0 Å². The van der Waals surface area contributed by atoms with Crippen LogP contribution in [0.1, 0.15) is 32.6 Å². The third-order valence-electron chi connectivity index (χ3n) is 3.37. The van der Waals surface area contributed by atoms with Crippen LogP contribution in [-0.4, -0.2) is 11.0 Å². The molecule has 0 aliphatic heterocycles. The molecule has 3 nitrogen and oxygen atoms in total. The molecule has 0 aliphatic rings. The van der Waals surface area contributed by atoms with E-state index in [0.29, 0.717) is 12.1 Å². The van der Waals surface area contributed by atoms with Crippen LogP contribution in [-0.2, 0) is 13.2 Å². The first-order chi connectivity index (χ1) is 10.0. The first kappa shape index (κ1) is 15.2. The summed E-state index contributed by atoms with van der Waals surface area (Å²) in [4.78, 5) is 12.2. The van der Waals surface area contributed by atoms with Crippen LogP contribution in [0.3, 0.4) is 0 Å². The number of rotatable bonds is 4. The second kappa shape index (κ2) is 6.50. The Morgan fingerprint density at radius 3 is 2.67 bits per heavy atom. The van der Waals surface area contributed by atoms with Gasteiger partial charge in [-0.3, -0.25) is 4.79 Å². The van der Waals surface area contributed by atoms with E-state index in [4.69, 9.17) is 5.11 Å². The van der Waals surface area contributed by atoms with Gasteiger partial charge in [0.1, 0.15) is 5.82 Å². The Hall–Kier alpha value is -2.20. The van der Waals surface area contributed by atoms with Gasteiger partial charge in [0.2, 0.25) is 0 Å². The van der Waals surface area contributed by atoms with Crippen molar-refractivity contribution >= 4 is 5.91 Å². The summed E-state index contributed by atoms with van der Waals surface area (Å²) in [6.45, 7) is 3.75. The average Bonchev–Trinajstić information content (AvgIpc) is 2.48. The second-order valence-electron chi connectivity index (χ2n) is 5.08. The summed E-state index contributed by atoms with van der Waals surface area (Å²) in [7, 11) is 0. The lowest BCUT2D eigenvalue weighted by Crippen LogP contribution is -2.23. The molecule has 2 N–H and O–H groups in total. The molecule has 21 heavy (non-hydrogen) atoms. The monoisotopic (exact) mass is 287 g/mol. The number of aliphatic hydroxyl groups excluding tert-OH is 1. The number of halogens is 1. The van der Waals surface area contributed by atoms with Crippen LogP contribution < -0.4 is 5.32 Å². The van der Waals surface area contributed by atoms with Crippen LogP contribution in [0.4, 0.5) is 4.39 Å². The standard InChI is InChI=1S/C17H18FNO2/c1-11-3-4-12(2)15(7-11)17(21)19-9-13-5-6-16(18)14(8-13)10-20/h3-8,20H,9-10H2,1-2H3,(H,19,21). The second-order valence-corrected chi connectivity index (χ2v) is 5.08. The van der Waals surface area contributed by atoms with Gasteiger partial charge in [-0.25, -0.2) is 4.39 Å². The number of benzene rings is 2. The number of carbonyl (C=O) groups is 1. The van der Waals surface area contributed by atoms with Gasteiger partial charge >= 0.3 is 0 Å². The summed E-state index contributed by atoms with van der Waals surface area (Å²) < 4.78 is 13.3. The third-order valence-corrected chi connectivity index (χ3v) is 3.37. The van der Waals surface area contributed by atoms with Crippen LogP contribution in [0.25, 0.3) is 0 Å². The van der Waals surface area contributed by atoms with Crippen LogP contribution in [0, 0.1) is 19.7 Å². The topological polar surface area (TPSA) is 49.3 Å². The minimum atomic E-state index is -0.442. The lowest BCUT2D eigenvalue weighted by atomic mass is 10.0. The molecule has 0 saturated heterocycles. The largest absolute Gasteiger partial charge is 0.392 e. The van der Waals surface area contributed by atoms with E-state index < -0.39 is 5.82 Å². The molecule has 0 saturated carbocycles. The van der Waals surface area contributed by atoms with Crippen molar-refractivity contribution in [2.75, 3.05) is 0 Å². The maximum absolute atomic E-state index is 13.3. The molecule has 0 spiro atoms. The molecule has 1 amide bonds. The SMILES string of the molecule is Cc1ccc(C)c(C(=O)NCc2ccc(F)c(CO)c2)c1. The Morgan fingerprint density at radius 1 is 1.19 bits per heavy atom. The minimum Gasteiger partial charge on any atom is -0.392 e. The normalized spacial score (nSPS) is 10.5. The number of nitrogens with one attached hydrogen (secondary N) is 1. The van der Waals surface area contributed by atoms with E-state index in [0.717, 1.165) is 16.7 Å². The highest BCUT2D eigenvalue weighted by Gasteiger charge is 2.09. The summed E-state index contributed by atoms with van der Waals surface area (Å²) in [5.41, 5.74) is 3.55. The van der Waals surface area contributed by atoms with E-state index in [-0.39, 0.29) is 18.1 Å². The zero-order chi connectivity index (χ0) is 15.4. The summed E-state index contributed by atoms with van der Waals surface area (Å²) in [5.74, 6) is -0.604. The molecule has 4 heteroatoms. The molecule has 110 valence electrons. The van der Waals surface area contributed by atoms with Gasteiger partial charge in [0.15, 0.2) is 0 Å². The maximum atomic E-state index is 13.3. The summed E-state index contributed by atoms with van der Waals surface area (Å²) >= 11 is 0. The van der Waals surface area contributed by atoms with Crippen molar-refractivity contribution in [2.24, 2.45) is 0 Å². The van der Waals surface area contributed by atoms with Gasteiger partial charge in [0.05, 0.1) is 6.61 Å². The van der Waals surface area contributed by atoms with Gasteiger partial charge < -0.3 is 10.4 Å². The lowest BCUT2D eigenvalue weighted by Gasteiger charge is -2.09. The minimum absolute atomic E-state index is 0.161. The number of carbonyl (C=O) groups excluding carboxylic acids is 1. The van der Waals surface area contributed by atoms with Gasteiger partial charge in [-0.1, -0.05) is 23.8 Å². The molecule has 0 aliphatic carbocycles. The van der Waals surface area contributed by atoms with E-state index in [9.17, 15) is 9.18 Å². The van der Waals surface area contributed by atoms with Gasteiger partial charge in [0, 0.05) is 17.7 Å². The van der Waals surface area contributed by atoms with Crippen molar-refractivity contribution in [1.29, 1.82) is 0 Å². The summed E-state index contributed by atoms with van der Waals surface area (Å²) in [6, 6.07) is 10.2. The highest BCUT2D eigenvalue weighted by Crippen LogP contribution is 2.13. The Kier molecular flexibility index (Phi) is 4.70. The molecule has 0 atom stereocenters. The average molecular weight is 287 g/mol. The molecule has 0 bridgehead atoms. The number of aryl methyl sites for hydroxylation is 2. The Balaban J connectivity index is 2.09. The van der Waals surface area contributed by atoms with Crippen LogP contribution in [0.5, 0.6) is 0 Å². The first-order valence-electron chi connectivity index (χ1n) is 6.75. The quantitative estimate of drug-likeness (QED) is 0.908. The fourth-order valence-corrected chi connectivity index (χ4v) is 2.12. The van der Waals surface area contributed by atoms with Crippen molar-refractivity contribution < 1.29 is 14.3 Å². The van der Waals surface area contributed by atoms with Gasteiger partial charge in [-0.15, -0.1) is 0 Å². The lowest BCUT2D eigenvalue weighted by molar-refractivity contribution is 0.0950. The summed E-state index contributed by atoms with van der Waals surface area (Å²) in [6.07, 6.45) is 0. The molecule has 0 fully saturated rings. The van der Waals surface area contributed by atoms with E-state index in [1.54, 1.807) is 12.1 Å². The smallest absolute Gasteiger partial charge is 0.251 e. The van der Waals surface area contributed by atoms with Crippen LogP contribution in [0.15, 0.2) is 36.4 Å². The zero-order valence-corrected chi connectivity index (χ0v) is 12.1. The number of hydrogen-bond donors (Lipinski definition) is 2. The Bertz CT molecular complexity index is 668.